The third-order valence-corrected chi connectivity index (χ3v) is 3.07. The van der Waals surface area contributed by atoms with Crippen molar-refractivity contribution in [2.75, 3.05) is 26.8 Å². The highest BCUT2D eigenvalue weighted by Crippen LogP contribution is 2.18. The van der Waals surface area contributed by atoms with Crippen LogP contribution in [0.3, 0.4) is 0 Å². The van der Waals surface area contributed by atoms with Crippen molar-refractivity contribution in [2.45, 2.75) is 24.7 Å². The summed E-state index contributed by atoms with van der Waals surface area (Å²) in [5.41, 5.74) is 0. The molecule has 6 nitrogen and oxygen atoms in total. The number of alkyl halides is 1. The molecule has 0 saturated carbocycles. The number of cyclic esters (lactones) is 1. The van der Waals surface area contributed by atoms with Gasteiger partial charge in [-0.15, -0.1) is 0 Å². The Bertz CT molecular complexity index is 325. The monoisotopic (exact) mass is 246 g/mol. The first kappa shape index (κ1) is 12.1. The number of halogens is 1. The number of hydrogen-bond donors (Lipinski definition) is 1. The van der Waals surface area contributed by atoms with Crippen LogP contribution in [-0.4, -0.2) is 62.0 Å². The van der Waals surface area contributed by atoms with Crippen LogP contribution in [0.25, 0.3) is 0 Å². The zero-order valence-electron chi connectivity index (χ0n) is 9.52. The number of amides is 2. The molecule has 3 atom stereocenters. The summed E-state index contributed by atoms with van der Waals surface area (Å²) in [6, 6.07) is -0.686. The minimum absolute atomic E-state index is 0.00368. The van der Waals surface area contributed by atoms with E-state index in [1.54, 1.807) is 0 Å². The predicted molar refractivity (Wildman–Crippen MR) is 55.2 cm³/mol. The minimum Gasteiger partial charge on any atom is -0.447 e. The molecular formula is C10H15FN2O4. The van der Waals surface area contributed by atoms with Crippen LogP contribution in [0.4, 0.5) is 9.18 Å². The average Bonchev–Trinajstić information content (AvgIpc) is 2.75. The summed E-state index contributed by atoms with van der Waals surface area (Å²) in [4.78, 5) is 24.1. The van der Waals surface area contributed by atoms with E-state index in [9.17, 15) is 14.0 Å². The number of carbonyl (C=O) groups excluding carboxylic acids is 2. The summed E-state index contributed by atoms with van der Waals surface area (Å²) < 4.78 is 23.2. The Hall–Kier alpha value is -1.37. The molecular weight excluding hydrogens is 231 g/mol. The van der Waals surface area contributed by atoms with Crippen LogP contribution < -0.4 is 5.32 Å². The molecule has 0 radical (unpaired) electrons. The van der Waals surface area contributed by atoms with Gasteiger partial charge in [0, 0.05) is 13.7 Å². The summed E-state index contributed by atoms with van der Waals surface area (Å²) >= 11 is 0. The quantitative estimate of drug-likeness (QED) is 0.725. The van der Waals surface area contributed by atoms with Gasteiger partial charge in [-0.2, -0.15) is 0 Å². The van der Waals surface area contributed by atoms with Gasteiger partial charge in [-0.05, 0) is 6.42 Å². The van der Waals surface area contributed by atoms with Crippen molar-refractivity contribution in [3.8, 4) is 0 Å². The van der Waals surface area contributed by atoms with Crippen molar-refractivity contribution in [2.24, 2.45) is 0 Å². The maximum atomic E-state index is 13.6. The number of alkyl carbamates (subject to hydrolysis) is 1. The smallest absolute Gasteiger partial charge is 0.407 e. The van der Waals surface area contributed by atoms with Crippen LogP contribution >= 0.6 is 0 Å². The Labute approximate surface area is 98.0 Å². The van der Waals surface area contributed by atoms with E-state index in [4.69, 9.17) is 4.74 Å². The van der Waals surface area contributed by atoms with Gasteiger partial charge in [0.1, 0.15) is 18.8 Å². The van der Waals surface area contributed by atoms with Crippen LogP contribution in [0.2, 0.25) is 0 Å². The number of nitrogens with one attached hydrogen (secondary N) is 1. The first-order valence-electron chi connectivity index (χ1n) is 5.50. The number of nitrogens with zero attached hydrogens (tertiary/aromatic N) is 1. The number of piperidine rings is 1. The zero-order valence-corrected chi connectivity index (χ0v) is 9.52. The Balaban J connectivity index is 1.91. The molecule has 17 heavy (non-hydrogen) atoms. The lowest BCUT2D eigenvalue weighted by Crippen LogP contribution is -2.53. The van der Waals surface area contributed by atoms with Crippen LogP contribution in [-0.2, 0) is 14.3 Å². The molecule has 2 fully saturated rings. The number of likely N-dealkylation sites (tertiary alicyclic amines) is 1. The molecule has 2 amide bonds. The number of hydrogen-bond acceptors (Lipinski definition) is 4. The molecule has 2 aliphatic heterocycles. The van der Waals surface area contributed by atoms with Crippen LogP contribution in [0.15, 0.2) is 0 Å². The molecule has 1 N–H and O–H groups in total. The van der Waals surface area contributed by atoms with Gasteiger partial charge in [0.25, 0.3) is 0 Å². The Morgan fingerprint density at radius 3 is 2.94 bits per heavy atom. The standard InChI is InChI=1S/C10H15FN2O4/c1-16-8-2-3-13(4-6(8)11)9(14)7-5-17-10(15)12-7/h6-8H,2-5H2,1H3,(H,12,15)/t6-,7+,8+/m1/s1. The van der Waals surface area contributed by atoms with E-state index in [1.165, 1.54) is 12.0 Å². The molecule has 0 bridgehead atoms. The third kappa shape index (κ3) is 2.49. The first-order chi connectivity index (χ1) is 8.11. The molecule has 2 heterocycles. The number of methoxy groups -OCH3 is 1. The number of carbonyl (C=O) groups is 2. The molecule has 0 aromatic rings. The Morgan fingerprint density at radius 1 is 1.65 bits per heavy atom. The lowest BCUT2D eigenvalue weighted by Gasteiger charge is -2.34. The molecule has 0 aromatic heterocycles. The SMILES string of the molecule is CO[C@H]1CCN(C(=O)[C@@H]2COC(=O)N2)C[C@H]1F. The van der Waals surface area contributed by atoms with E-state index < -0.39 is 24.4 Å². The van der Waals surface area contributed by atoms with Crippen LogP contribution in [0.5, 0.6) is 0 Å². The largest absolute Gasteiger partial charge is 0.447 e. The second-order valence-corrected chi connectivity index (χ2v) is 4.16. The van der Waals surface area contributed by atoms with E-state index in [2.05, 4.69) is 10.1 Å². The van der Waals surface area contributed by atoms with E-state index in [0.29, 0.717) is 13.0 Å². The number of ether oxygens (including phenoxy) is 2. The molecule has 2 aliphatic rings. The predicted octanol–water partition coefficient (Wildman–Crippen LogP) is -0.320. The van der Waals surface area contributed by atoms with Crippen molar-refractivity contribution in [3.63, 3.8) is 0 Å². The summed E-state index contributed by atoms with van der Waals surface area (Å²) in [5.74, 6) is -0.298. The van der Waals surface area contributed by atoms with Gasteiger partial charge >= 0.3 is 6.09 Å². The van der Waals surface area contributed by atoms with Crippen molar-refractivity contribution in [1.82, 2.24) is 10.2 Å². The summed E-state index contributed by atoms with van der Waals surface area (Å²) in [6.07, 6.45) is -1.78. The van der Waals surface area contributed by atoms with Gasteiger partial charge in [-0.1, -0.05) is 0 Å². The van der Waals surface area contributed by atoms with Crippen LogP contribution in [0, 0.1) is 0 Å². The summed E-state index contributed by atoms with van der Waals surface area (Å²) in [6.45, 7) is 0.451. The molecule has 0 aliphatic carbocycles. The molecule has 0 aromatic carbocycles. The summed E-state index contributed by atoms with van der Waals surface area (Å²) in [5, 5.41) is 2.38. The minimum atomic E-state index is -1.18. The second-order valence-electron chi connectivity index (χ2n) is 4.16. The normalized spacial score (nSPS) is 33.2. The van der Waals surface area contributed by atoms with Crippen molar-refractivity contribution in [3.05, 3.63) is 0 Å². The molecule has 0 unspecified atom stereocenters. The molecule has 96 valence electrons. The Morgan fingerprint density at radius 2 is 2.41 bits per heavy atom. The summed E-state index contributed by atoms with van der Waals surface area (Å²) in [7, 11) is 1.46. The van der Waals surface area contributed by atoms with Gasteiger partial charge in [0.05, 0.1) is 12.6 Å². The topological polar surface area (TPSA) is 67.9 Å². The zero-order chi connectivity index (χ0) is 12.4. The molecule has 0 spiro atoms. The van der Waals surface area contributed by atoms with E-state index in [-0.39, 0.29) is 19.1 Å². The van der Waals surface area contributed by atoms with Gasteiger partial charge in [-0.3, -0.25) is 4.79 Å². The van der Waals surface area contributed by atoms with E-state index in [1.807, 2.05) is 0 Å². The van der Waals surface area contributed by atoms with Gasteiger partial charge in [-0.25, -0.2) is 9.18 Å². The molecule has 7 heteroatoms. The van der Waals surface area contributed by atoms with Crippen LogP contribution in [0.1, 0.15) is 6.42 Å². The number of rotatable bonds is 2. The van der Waals surface area contributed by atoms with E-state index >= 15 is 0 Å². The van der Waals surface area contributed by atoms with Gasteiger partial charge < -0.3 is 19.7 Å². The fourth-order valence-electron chi connectivity index (χ4n) is 2.09. The average molecular weight is 246 g/mol. The van der Waals surface area contributed by atoms with Crippen molar-refractivity contribution < 1.29 is 23.5 Å². The maximum absolute atomic E-state index is 13.6. The fraction of sp³-hybridized carbons (Fsp3) is 0.800. The van der Waals surface area contributed by atoms with Crippen molar-refractivity contribution in [1.29, 1.82) is 0 Å². The van der Waals surface area contributed by atoms with E-state index in [0.717, 1.165) is 0 Å². The highest BCUT2D eigenvalue weighted by molar-refractivity contribution is 5.88. The highest BCUT2D eigenvalue weighted by Gasteiger charge is 2.37. The van der Waals surface area contributed by atoms with Gasteiger partial charge in [0.2, 0.25) is 5.91 Å². The highest BCUT2D eigenvalue weighted by atomic mass is 19.1. The Kier molecular flexibility index (Phi) is 3.46. The lowest BCUT2D eigenvalue weighted by atomic mass is 10.1. The fourth-order valence-corrected chi connectivity index (χ4v) is 2.09. The first-order valence-corrected chi connectivity index (χ1v) is 5.50. The van der Waals surface area contributed by atoms with Crippen molar-refractivity contribution >= 4 is 12.0 Å². The van der Waals surface area contributed by atoms with Gasteiger partial charge in [0.15, 0.2) is 0 Å². The molecule has 2 rings (SSSR count). The molecule has 2 saturated heterocycles. The lowest BCUT2D eigenvalue weighted by molar-refractivity contribution is -0.138. The second kappa shape index (κ2) is 4.87. The maximum Gasteiger partial charge on any atom is 0.407 e. The third-order valence-electron chi connectivity index (χ3n) is 3.07.